The zero-order valence-corrected chi connectivity index (χ0v) is 15.2. The molecule has 2 N–H and O–H groups in total. The van der Waals surface area contributed by atoms with Crippen molar-refractivity contribution in [2.24, 2.45) is 11.8 Å². The number of anilines is 1. The lowest BCUT2D eigenvalue weighted by Gasteiger charge is -2.37. The average Bonchev–Trinajstić information content (AvgIpc) is 2.62. The molecule has 0 aromatic heterocycles. The number of carboxylic acid groups (broad SMARTS) is 1. The Kier molecular flexibility index (Phi) is 7.00. The van der Waals surface area contributed by atoms with Crippen LogP contribution in [-0.4, -0.2) is 47.7 Å². The predicted octanol–water partition coefficient (Wildman–Crippen LogP) is 3.22. The van der Waals surface area contributed by atoms with Gasteiger partial charge in [-0.3, -0.25) is 4.79 Å². The van der Waals surface area contributed by atoms with Crippen molar-refractivity contribution in [1.82, 2.24) is 4.90 Å². The standard InChI is InChI=1S/C19H26N2O5/c1-3-13-12-21(9-8-14(13)11-17(22)23)19(25)20-16-7-5-6-15(10-16)18(24)26-4-2/h5-7,10,13-14H,3-4,8-9,11-12H2,1-2H3,(H,20,25)(H,22,23). The monoisotopic (exact) mass is 362 g/mol. The summed E-state index contributed by atoms with van der Waals surface area (Å²) < 4.78 is 4.97. The molecule has 2 rings (SSSR count). The molecule has 1 aromatic carbocycles. The van der Waals surface area contributed by atoms with Crippen molar-refractivity contribution in [3.63, 3.8) is 0 Å². The predicted molar refractivity (Wildman–Crippen MR) is 97.1 cm³/mol. The van der Waals surface area contributed by atoms with E-state index in [1.807, 2.05) is 6.92 Å². The van der Waals surface area contributed by atoms with E-state index in [0.717, 1.165) is 6.42 Å². The van der Waals surface area contributed by atoms with Gasteiger partial charge in [0.2, 0.25) is 0 Å². The number of ether oxygens (including phenoxy) is 1. The van der Waals surface area contributed by atoms with Gasteiger partial charge in [-0.25, -0.2) is 9.59 Å². The molecule has 0 radical (unpaired) electrons. The normalized spacial score (nSPS) is 19.7. The zero-order valence-electron chi connectivity index (χ0n) is 15.2. The number of esters is 1. The first-order valence-corrected chi connectivity index (χ1v) is 8.99. The van der Waals surface area contributed by atoms with E-state index in [9.17, 15) is 14.4 Å². The molecule has 0 bridgehead atoms. The lowest BCUT2D eigenvalue weighted by atomic mass is 9.82. The first-order chi connectivity index (χ1) is 12.4. The van der Waals surface area contributed by atoms with Crippen molar-refractivity contribution in [3.05, 3.63) is 29.8 Å². The highest BCUT2D eigenvalue weighted by Gasteiger charge is 2.31. The molecule has 0 spiro atoms. The number of benzene rings is 1. The molecule has 26 heavy (non-hydrogen) atoms. The summed E-state index contributed by atoms with van der Waals surface area (Å²) in [5, 5.41) is 11.8. The largest absolute Gasteiger partial charge is 0.481 e. The fourth-order valence-corrected chi connectivity index (χ4v) is 3.36. The number of nitrogens with zero attached hydrogens (tertiary/aromatic N) is 1. The van der Waals surface area contributed by atoms with Crippen LogP contribution in [0.2, 0.25) is 0 Å². The van der Waals surface area contributed by atoms with Gasteiger partial charge in [-0.1, -0.05) is 19.4 Å². The molecule has 142 valence electrons. The maximum atomic E-state index is 12.5. The molecule has 2 amide bonds. The summed E-state index contributed by atoms with van der Waals surface area (Å²) in [6.45, 7) is 5.11. The summed E-state index contributed by atoms with van der Waals surface area (Å²) in [5.41, 5.74) is 0.914. The molecule has 2 unspecified atom stereocenters. The minimum Gasteiger partial charge on any atom is -0.481 e. The van der Waals surface area contributed by atoms with Gasteiger partial charge in [-0.05, 0) is 43.4 Å². The zero-order chi connectivity index (χ0) is 19.1. The van der Waals surface area contributed by atoms with Gasteiger partial charge in [-0.15, -0.1) is 0 Å². The number of carbonyl (C=O) groups is 3. The molecule has 1 aliphatic rings. The van der Waals surface area contributed by atoms with Crippen molar-refractivity contribution in [3.8, 4) is 0 Å². The van der Waals surface area contributed by atoms with Gasteiger partial charge in [0.05, 0.1) is 12.2 Å². The molecule has 0 saturated carbocycles. The minimum atomic E-state index is -0.790. The minimum absolute atomic E-state index is 0.105. The van der Waals surface area contributed by atoms with Gasteiger partial charge >= 0.3 is 18.0 Å². The number of hydrogen-bond donors (Lipinski definition) is 2. The average molecular weight is 362 g/mol. The maximum absolute atomic E-state index is 12.5. The summed E-state index contributed by atoms with van der Waals surface area (Å²) in [6, 6.07) is 6.39. The first-order valence-electron chi connectivity index (χ1n) is 8.99. The number of urea groups is 1. The van der Waals surface area contributed by atoms with E-state index in [2.05, 4.69) is 5.32 Å². The maximum Gasteiger partial charge on any atom is 0.338 e. The Morgan fingerprint density at radius 3 is 2.69 bits per heavy atom. The third-order valence-electron chi connectivity index (χ3n) is 4.76. The van der Waals surface area contributed by atoms with Crippen LogP contribution < -0.4 is 5.32 Å². The van der Waals surface area contributed by atoms with Gasteiger partial charge in [0.1, 0.15) is 0 Å². The molecular weight excluding hydrogens is 336 g/mol. The number of nitrogens with one attached hydrogen (secondary N) is 1. The SMILES string of the molecule is CCOC(=O)c1cccc(NC(=O)N2CCC(CC(=O)O)C(CC)C2)c1. The van der Waals surface area contributed by atoms with Crippen LogP contribution in [0.1, 0.15) is 43.5 Å². The number of carbonyl (C=O) groups excluding carboxylic acids is 2. The second kappa shape index (κ2) is 9.22. The van der Waals surface area contributed by atoms with E-state index < -0.39 is 11.9 Å². The smallest absolute Gasteiger partial charge is 0.338 e. The summed E-state index contributed by atoms with van der Waals surface area (Å²) in [4.78, 5) is 37.0. The third-order valence-corrected chi connectivity index (χ3v) is 4.76. The molecular formula is C19H26N2O5. The number of hydrogen-bond acceptors (Lipinski definition) is 4. The molecule has 1 aromatic rings. The number of likely N-dealkylation sites (tertiary alicyclic amines) is 1. The Labute approximate surface area is 153 Å². The van der Waals surface area contributed by atoms with E-state index in [-0.39, 0.29) is 24.3 Å². The Morgan fingerprint density at radius 2 is 2.04 bits per heavy atom. The molecule has 0 aliphatic carbocycles. The Bertz CT molecular complexity index is 661. The highest BCUT2D eigenvalue weighted by Crippen LogP contribution is 2.29. The van der Waals surface area contributed by atoms with Crippen molar-refractivity contribution in [1.29, 1.82) is 0 Å². The highest BCUT2D eigenvalue weighted by molar-refractivity contribution is 5.94. The van der Waals surface area contributed by atoms with E-state index in [1.165, 1.54) is 0 Å². The summed E-state index contributed by atoms with van der Waals surface area (Å²) in [7, 11) is 0. The van der Waals surface area contributed by atoms with Crippen LogP contribution in [0.3, 0.4) is 0 Å². The topological polar surface area (TPSA) is 95.9 Å². The van der Waals surface area contributed by atoms with Gasteiger partial charge in [0.25, 0.3) is 0 Å². The Hall–Kier alpha value is -2.57. The number of aliphatic carboxylic acids is 1. The highest BCUT2D eigenvalue weighted by atomic mass is 16.5. The molecule has 1 fully saturated rings. The Balaban J connectivity index is 1.99. The van der Waals surface area contributed by atoms with E-state index in [4.69, 9.17) is 9.84 Å². The number of carboxylic acids is 1. The van der Waals surface area contributed by atoms with Crippen molar-refractivity contribution < 1.29 is 24.2 Å². The van der Waals surface area contributed by atoms with Gasteiger partial charge in [0.15, 0.2) is 0 Å². The second-order valence-electron chi connectivity index (χ2n) is 6.49. The number of rotatable bonds is 6. The van der Waals surface area contributed by atoms with Crippen LogP contribution in [0.15, 0.2) is 24.3 Å². The quantitative estimate of drug-likeness (QED) is 0.758. The van der Waals surface area contributed by atoms with Crippen LogP contribution in [0.4, 0.5) is 10.5 Å². The lowest BCUT2D eigenvalue weighted by molar-refractivity contribution is -0.139. The third kappa shape index (κ3) is 5.21. The fourth-order valence-electron chi connectivity index (χ4n) is 3.36. The van der Waals surface area contributed by atoms with Gasteiger partial charge in [0, 0.05) is 25.2 Å². The van der Waals surface area contributed by atoms with E-state index >= 15 is 0 Å². The first kappa shape index (κ1) is 19.8. The summed E-state index contributed by atoms with van der Waals surface area (Å²) >= 11 is 0. The van der Waals surface area contributed by atoms with Crippen LogP contribution in [0, 0.1) is 11.8 Å². The van der Waals surface area contributed by atoms with Crippen LogP contribution in [0.25, 0.3) is 0 Å². The fraction of sp³-hybridized carbons (Fsp3) is 0.526. The van der Waals surface area contributed by atoms with Crippen molar-refractivity contribution in [2.75, 3.05) is 25.0 Å². The molecule has 1 aliphatic heterocycles. The van der Waals surface area contributed by atoms with E-state index in [1.54, 1.807) is 36.1 Å². The van der Waals surface area contributed by atoms with Gasteiger partial charge < -0.3 is 20.1 Å². The summed E-state index contributed by atoms with van der Waals surface area (Å²) in [5.74, 6) is -0.934. The van der Waals surface area contributed by atoms with Gasteiger partial charge in [-0.2, -0.15) is 0 Å². The Morgan fingerprint density at radius 1 is 1.27 bits per heavy atom. The van der Waals surface area contributed by atoms with Crippen LogP contribution in [0.5, 0.6) is 0 Å². The molecule has 1 saturated heterocycles. The number of piperidine rings is 1. The molecule has 1 heterocycles. The second-order valence-corrected chi connectivity index (χ2v) is 6.49. The molecule has 2 atom stereocenters. The van der Waals surface area contributed by atoms with Crippen LogP contribution >= 0.6 is 0 Å². The van der Waals surface area contributed by atoms with Crippen molar-refractivity contribution in [2.45, 2.75) is 33.1 Å². The summed E-state index contributed by atoms with van der Waals surface area (Å²) in [6.07, 6.45) is 1.66. The molecule has 7 nitrogen and oxygen atoms in total. The molecule has 7 heteroatoms. The lowest BCUT2D eigenvalue weighted by Crippen LogP contribution is -2.45. The van der Waals surface area contributed by atoms with E-state index in [0.29, 0.717) is 37.4 Å². The van der Waals surface area contributed by atoms with Crippen LogP contribution in [-0.2, 0) is 9.53 Å². The number of amides is 2. The van der Waals surface area contributed by atoms with Crippen molar-refractivity contribution >= 4 is 23.7 Å².